The zero-order valence-electron chi connectivity index (χ0n) is 16.0. The van der Waals surface area contributed by atoms with E-state index in [9.17, 15) is 10.1 Å². The largest absolute Gasteiger partial charge is 0.325 e. The summed E-state index contributed by atoms with van der Waals surface area (Å²) in [5, 5.41) is 13.1. The molecule has 1 amide bonds. The van der Waals surface area contributed by atoms with E-state index in [1.807, 2.05) is 42.5 Å². The second-order valence-electron chi connectivity index (χ2n) is 7.11. The van der Waals surface area contributed by atoms with Crippen molar-refractivity contribution in [1.82, 2.24) is 4.98 Å². The van der Waals surface area contributed by atoms with Crippen LogP contribution in [0.3, 0.4) is 0 Å². The van der Waals surface area contributed by atoms with Crippen LogP contribution in [-0.4, -0.2) is 16.6 Å². The molecule has 1 heterocycles. The number of carbonyl (C=O) groups excluding carboxylic acids is 1. The Morgan fingerprint density at radius 2 is 1.86 bits per heavy atom. The van der Waals surface area contributed by atoms with Gasteiger partial charge in [0.1, 0.15) is 11.1 Å². The number of para-hydroxylation sites is 1. The number of carbonyl (C=O) groups is 1. The molecule has 2 aromatic carbocycles. The van der Waals surface area contributed by atoms with Crippen LogP contribution in [0.4, 0.5) is 5.69 Å². The minimum absolute atomic E-state index is 0.103. The summed E-state index contributed by atoms with van der Waals surface area (Å²) in [6.45, 7) is 0. The molecule has 0 fully saturated rings. The molecule has 0 unspecified atom stereocenters. The Bertz CT molecular complexity index is 1040. The van der Waals surface area contributed by atoms with Crippen molar-refractivity contribution >= 4 is 23.4 Å². The Morgan fingerprint density at radius 1 is 1.14 bits per heavy atom. The first-order valence-corrected chi connectivity index (χ1v) is 10.7. The van der Waals surface area contributed by atoms with Gasteiger partial charge in [0.2, 0.25) is 5.91 Å². The van der Waals surface area contributed by atoms with Crippen LogP contribution in [0.5, 0.6) is 0 Å². The molecule has 0 saturated carbocycles. The van der Waals surface area contributed by atoms with Crippen molar-refractivity contribution in [2.75, 3.05) is 11.1 Å². The summed E-state index contributed by atoms with van der Waals surface area (Å²) in [6.07, 6.45) is 2.85. The van der Waals surface area contributed by atoms with Gasteiger partial charge in [-0.15, -0.1) is 0 Å². The summed E-state index contributed by atoms with van der Waals surface area (Å²) in [5.74, 6) is 0.586. The molecule has 4 rings (SSSR count). The fourth-order valence-electron chi connectivity index (χ4n) is 3.70. The van der Waals surface area contributed by atoms with Crippen molar-refractivity contribution in [3.05, 3.63) is 89.1 Å². The molecule has 1 aliphatic rings. The first kappa shape index (κ1) is 19.2. The Kier molecular flexibility index (Phi) is 5.92. The van der Waals surface area contributed by atoms with Gasteiger partial charge in [-0.3, -0.25) is 4.79 Å². The number of aromatic nitrogens is 1. The lowest BCUT2D eigenvalue weighted by Gasteiger charge is -2.25. The SMILES string of the molecule is N#Cc1cc2c(nc1SCC(=O)Nc1ccccc1)CC[C@H](c1ccccc1)C2. The smallest absolute Gasteiger partial charge is 0.234 e. The lowest BCUT2D eigenvalue weighted by molar-refractivity contribution is -0.113. The van der Waals surface area contributed by atoms with Gasteiger partial charge in [-0.1, -0.05) is 60.3 Å². The first-order chi connectivity index (χ1) is 14.2. The van der Waals surface area contributed by atoms with Crippen molar-refractivity contribution in [2.45, 2.75) is 30.2 Å². The molecule has 0 radical (unpaired) electrons. The zero-order valence-corrected chi connectivity index (χ0v) is 16.8. The summed E-state index contributed by atoms with van der Waals surface area (Å²) in [4.78, 5) is 17.0. The molecule has 1 N–H and O–H groups in total. The van der Waals surface area contributed by atoms with Crippen LogP contribution >= 0.6 is 11.8 Å². The number of amides is 1. The monoisotopic (exact) mass is 399 g/mol. The third-order valence-corrected chi connectivity index (χ3v) is 6.13. The second kappa shape index (κ2) is 8.93. The van der Waals surface area contributed by atoms with E-state index in [2.05, 4.69) is 35.7 Å². The van der Waals surface area contributed by atoms with Crippen LogP contribution < -0.4 is 5.32 Å². The zero-order chi connectivity index (χ0) is 20.1. The molecule has 0 bridgehead atoms. The highest BCUT2D eigenvalue weighted by molar-refractivity contribution is 8.00. The highest BCUT2D eigenvalue weighted by Gasteiger charge is 2.23. The molecule has 0 spiro atoms. The average molecular weight is 400 g/mol. The summed E-state index contributed by atoms with van der Waals surface area (Å²) in [6, 6.07) is 24.1. The van der Waals surface area contributed by atoms with E-state index >= 15 is 0 Å². The number of benzene rings is 2. The van der Waals surface area contributed by atoms with Crippen LogP contribution in [0.15, 0.2) is 71.8 Å². The highest BCUT2D eigenvalue weighted by Crippen LogP contribution is 2.34. The van der Waals surface area contributed by atoms with Crippen molar-refractivity contribution in [1.29, 1.82) is 5.26 Å². The molecule has 3 aromatic rings. The van der Waals surface area contributed by atoms with Crippen LogP contribution in [-0.2, 0) is 17.6 Å². The number of nitriles is 1. The third-order valence-electron chi connectivity index (χ3n) is 5.14. The maximum atomic E-state index is 12.2. The highest BCUT2D eigenvalue weighted by atomic mass is 32.2. The molecule has 144 valence electrons. The van der Waals surface area contributed by atoms with E-state index in [1.165, 1.54) is 17.3 Å². The summed E-state index contributed by atoms with van der Waals surface area (Å²) >= 11 is 1.32. The van der Waals surface area contributed by atoms with Gasteiger partial charge in [-0.05, 0) is 54.5 Å². The lowest BCUT2D eigenvalue weighted by Crippen LogP contribution is -2.16. The fourth-order valence-corrected chi connectivity index (χ4v) is 4.47. The number of fused-ring (bicyclic) bond motifs is 1. The molecular weight excluding hydrogens is 378 g/mol. The van der Waals surface area contributed by atoms with E-state index in [1.54, 1.807) is 0 Å². The van der Waals surface area contributed by atoms with Crippen LogP contribution in [0.1, 0.15) is 34.7 Å². The third kappa shape index (κ3) is 4.67. The van der Waals surface area contributed by atoms with Crippen molar-refractivity contribution < 1.29 is 4.79 Å². The van der Waals surface area contributed by atoms with Gasteiger partial charge in [0.25, 0.3) is 0 Å². The van der Waals surface area contributed by atoms with E-state index < -0.39 is 0 Å². The maximum absolute atomic E-state index is 12.2. The first-order valence-electron chi connectivity index (χ1n) is 9.68. The molecule has 5 heteroatoms. The topological polar surface area (TPSA) is 65.8 Å². The second-order valence-corrected chi connectivity index (χ2v) is 8.08. The van der Waals surface area contributed by atoms with Gasteiger partial charge in [0, 0.05) is 11.4 Å². The van der Waals surface area contributed by atoms with Crippen molar-refractivity contribution in [2.24, 2.45) is 0 Å². The standard InChI is InChI=1S/C24H21N3OS/c25-15-20-14-19-13-18(17-7-3-1-4-8-17)11-12-22(19)27-24(20)29-16-23(28)26-21-9-5-2-6-10-21/h1-10,14,18H,11-13,16H2,(H,26,28)/t18-/m0/s1. The normalized spacial score (nSPS) is 15.2. The predicted octanol–water partition coefficient (Wildman–Crippen LogP) is 4.96. The van der Waals surface area contributed by atoms with Crippen LogP contribution in [0.25, 0.3) is 0 Å². The number of nitrogens with one attached hydrogen (secondary N) is 1. The Labute approximate surface area is 175 Å². The van der Waals surface area contributed by atoms with E-state index in [-0.39, 0.29) is 11.7 Å². The van der Waals surface area contributed by atoms with E-state index in [0.717, 1.165) is 36.2 Å². The number of anilines is 1. The van der Waals surface area contributed by atoms with Gasteiger partial charge >= 0.3 is 0 Å². The van der Waals surface area contributed by atoms with Crippen LogP contribution in [0.2, 0.25) is 0 Å². The van der Waals surface area contributed by atoms with Crippen molar-refractivity contribution in [3.8, 4) is 6.07 Å². The number of pyridine rings is 1. The predicted molar refractivity (Wildman–Crippen MR) is 116 cm³/mol. The Balaban J connectivity index is 1.46. The number of thioether (sulfide) groups is 1. The van der Waals surface area contributed by atoms with Gasteiger partial charge in [0.05, 0.1) is 11.3 Å². The van der Waals surface area contributed by atoms with E-state index in [4.69, 9.17) is 4.98 Å². The number of aryl methyl sites for hydroxylation is 1. The fraction of sp³-hybridized carbons (Fsp3) is 0.208. The number of rotatable bonds is 5. The van der Waals surface area contributed by atoms with E-state index in [0.29, 0.717) is 16.5 Å². The van der Waals surface area contributed by atoms with Gasteiger partial charge < -0.3 is 5.32 Å². The van der Waals surface area contributed by atoms with Gasteiger partial charge in [-0.2, -0.15) is 5.26 Å². The quantitative estimate of drug-likeness (QED) is 0.616. The average Bonchev–Trinajstić information content (AvgIpc) is 2.78. The number of hydrogen-bond donors (Lipinski definition) is 1. The molecular formula is C24H21N3OS. The Morgan fingerprint density at radius 3 is 2.59 bits per heavy atom. The summed E-state index contributed by atoms with van der Waals surface area (Å²) < 4.78 is 0. The molecule has 4 nitrogen and oxygen atoms in total. The minimum Gasteiger partial charge on any atom is -0.325 e. The lowest BCUT2D eigenvalue weighted by atomic mass is 9.82. The molecule has 29 heavy (non-hydrogen) atoms. The molecule has 1 aliphatic carbocycles. The maximum Gasteiger partial charge on any atom is 0.234 e. The molecule has 1 aromatic heterocycles. The van der Waals surface area contributed by atoms with Crippen molar-refractivity contribution in [3.63, 3.8) is 0 Å². The molecule has 0 saturated heterocycles. The molecule has 1 atom stereocenters. The minimum atomic E-state index is -0.103. The van der Waals surface area contributed by atoms with Crippen LogP contribution in [0, 0.1) is 11.3 Å². The molecule has 0 aliphatic heterocycles. The summed E-state index contributed by atoms with van der Waals surface area (Å²) in [5.41, 5.74) is 4.87. The number of hydrogen-bond acceptors (Lipinski definition) is 4. The Hall–Kier alpha value is -3.10. The van der Waals surface area contributed by atoms with Gasteiger partial charge in [0.15, 0.2) is 0 Å². The number of nitrogens with zero attached hydrogens (tertiary/aromatic N) is 2. The summed E-state index contributed by atoms with van der Waals surface area (Å²) in [7, 11) is 0. The van der Waals surface area contributed by atoms with Gasteiger partial charge in [-0.25, -0.2) is 4.98 Å².